The van der Waals surface area contributed by atoms with Crippen molar-refractivity contribution in [2.24, 2.45) is 23.5 Å². The number of hydrogen-bond acceptors (Lipinski definition) is 7. The van der Waals surface area contributed by atoms with Crippen LogP contribution in [0.4, 0.5) is 0 Å². The normalized spacial score (nSPS) is 24.5. The van der Waals surface area contributed by atoms with Gasteiger partial charge < -0.3 is 20.5 Å². The van der Waals surface area contributed by atoms with Gasteiger partial charge in [0.2, 0.25) is 5.91 Å². The van der Waals surface area contributed by atoms with Crippen LogP contribution in [0.1, 0.15) is 73.5 Å². The van der Waals surface area contributed by atoms with Gasteiger partial charge in [0.15, 0.2) is 5.69 Å². The molecule has 37 heavy (non-hydrogen) atoms. The third-order valence-electron chi connectivity index (χ3n) is 7.91. The van der Waals surface area contributed by atoms with Crippen molar-refractivity contribution in [2.75, 3.05) is 26.2 Å². The number of aromatic nitrogens is 1. The molecule has 8 nitrogen and oxygen atoms in total. The van der Waals surface area contributed by atoms with E-state index in [1.54, 1.807) is 29.2 Å². The third-order valence-corrected chi connectivity index (χ3v) is 8.77. The molecular weight excluding hydrogens is 486 g/mol. The lowest BCUT2D eigenvalue weighted by molar-refractivity contribution is -0.128. The van der Waals surface area contributed by atoms with Crippen LogP contribution in [-0.4, -0.2) is 65.0 Å². The summed E-state index contributed by atoms with van der Waals surface area (Å²) in [4.78, 5) is 32.6. The van der Waals surface area contributed by atoms with E-state index < -0.39 is 6.04 Å². The SMILES string of the molecule is Cc1cc(C(=O)N2CCC(N(Cc3cccs3)CC(C)C)C[C@@H]2C(=O)NCC2CCC(CN)CC2)no1. The lowest BCUT2D eigenvalue weighted by atomic mass is 9.82. The van der Waals surface area contributed by atoms with Crippen LogP contribution >= 0.6 is 11.3 Å². The fourth-order valence-electron chi connectivity index (χ4n) is 5.83. The summed E-state index contributed by atoms with van der Waals surface area (Å²) in [6.07, 6.45) is 5.90. The molecule has 204 valence electrons. The molecule has 1 unspecified atom stereocenters. The molecule has 0 aromatic carbocycles. The van der Waals surface area contributed by atoms with E-state index in [1.807, 2.05) is 0 Å². The maximum atomic E-state index is 13.6. The average Bonchev–Trinajstić information content (AvgIpc) is 3.58. The van der Waals surface area contributed by atoms with E-state index in [0.717, 1.165) is 51.7 Å². The number of piperidine rings is 1. The van der Waals surface area contributed by atoms with Crippen molar-refractivity contribution in [3.63, 3.8) is 0 Å². The topological polar surface area (TPSA) is 105 Å². The molecule has 1 saturated carbocycles. The lowest BCUT2D eigenvalue weighted by Crippen LogP contribution is -2.58. The Morgan fingerprint density at radius 2 is 2.00 bits per heavy atom. The average molecular weight is 530 g/mol. The Kier molecular flexibility index (Phi) is 9.78. The molecule has 2 fully saturated rings. The number of carbonyl (C=O) groups is 2. The van der Waals surface area contributed by atoms with Crippen LogP contribution in [0.3, 0.4) is 0 Å². The summed E-state index contributed by atoms with van der Waals surface area (Å²) < 4.78 is 5.16. The molecule has 9 heteroatoms. The Morgan fingerprint density at radius 3 is 2.62 bits per heavy atom. The molecule has 1 saturated heterocycles. The van der Waals surface area contributed by atoms with Crippen molar-refractivity contribution in [3.05, 3.63) is 39.9 Å². The summed E-state index contributed by atoms with van der Waals surface area (Å²) >= 11 is 1.77. The third kappa shape index (κ3) is 7.42. The molecule has 2 amide bonds. The van der Waals surface area contributed by atoms with Crippen LogP contribution in [0.5, 0.6) is 0 Å². The standard InChI is InChI=1S/C28H43N5O3S/c1-19(2)17-32(18-24-5-4-12-37-24)23-10-11-33(28(35)25-13-20(3)36-31-25)26(14-23)27(34)30-16-22-8-6-21(15-29)7-9-22/h4-5,12-13,19,21-23,26H,6-11,14-18,29H2,1-3H3,(H,30,34)/t21?,22?,23?,26-/m1/s1. The number of likely N-dealkylation sites (tertiary alicyclic amines) is 1. The van der Waals surface area contributed by atoms with E-state index in [-0.39, 0.29) is 23.6 Å². The molecular formula is C28H43N5O3S. The first-order chi connectivity index (χ1) is 17.8. The lowest BCUT2D eigenvalue weighted by Gasteiger charge is -2.43. The number of amides is 2. The molecule has 1 aliphatic heterocycles. The van der Waals surface area contributed by atoms with Crippen LogP contribution in [0.2, 0.25) is 0 Å². The van der Waals surface area contributed by atoms with E-state index >= 15 is 0 Å². The zero-order valence-electron chi connectivity index (χ0n) is 22.5. The first-order valence-electron chi connectivity index (χ1n) is 13.8. The van der Waals surface area contributed by atoms with E-state index in [1.165, 1.54) is 4.88 Å². The molecule has 0 radical (unpaired) electrons. The largest absolute Gasteiger partial charge is 0.361 e. The van der Waals surface area contributed by atoms with Crippen LogP contribution in [0.25, 0.3) is 0 Å². The molecule has 1 aliphatic carbocycles. The van der Waals surface area contributed by atoms with Crippen LogP contribution < -0.4 is 11.1 Å². The maximum Gasteiger partial charge on any atom is 0.276 e. The van der Waals surface area contributed by atoms with E-state index in [4.69, 9.17) is 10.3 Å². The molecule has 3 N–H and O–H groups in total. The quantitative estimate of drug-likeness (QED) is 0.481. The first-order valence-corrected chi connectivity index (χ1v) is 14.7. The molecule has 3 heterocycles. The first kappa shape index (κ1) is 27.8. The Morgan fingerprint density at radius 1 is 1.24 bits per heavy atom. The Hall–Kier alpha value is -2.23. The minimum atomic E-state index is -0.526. The monoisotopic (exact) mass is 529 g/mol. The highest BCUT2D eigenvalue weighted by atomic mass is 32.1. The smallest absolute Gasteiger partial charge is 0.276 e. The fraction of sp³-hybridized carbons (Fsp3) is 0.679. The van der Waals surface area contributed by atoms with E-state index in [0.29, 0.717) is 43.0 Å². The van der Waals surface area contributed by atoms with E-state index in [2.05, 4.69) is 46.7 Å². The molecule has 0 spiro atoms. The van der Waals surface area contributed by atoms with Crippen LogP contribution in [-0.2, 0) is 11.3 Å². The van der Waals surface area contributed by atoms with Gasteiger partial charge >= 0.3 is 0 Å². The minimum Gasteiger partial charge on any atom is -0.361 e. The van der Waals surface area contributed by atoms with Gasteiger partial charge in [0.25, 0.3) is 5.91 Å². The van der Waals surface area contributed by atoms with E-state index in [9.17, 15) is 9.59 Å². The van der Waals surface area contributed by atoms with Gasteiger partial charge in [-0.3, -0.25) is 14.5 Å². The van der Waals surface area contributed by atoms with Gasteiger partial charge in [-0.15, -0.1) is 11.3 Å². The zero-order chi connectivity index (χ0) is 26.4. The summed E-state index contributed by atoms with van der Waals surface area (Å²) in [7, 11) is 0. The second-order valence-electron chi connectivity index (χ2n) is 11.3. The van der Waals surface area contributed by atoms with Crippen molar-refractivity contribution in [1.29, 1.82) is 0 Å². The number of hydrogen-bond donors (Lipinski definition) is 2. The van der Waals surface area contributed by atoms with Gasteiger partial charge in [-0.1, -0.05) is 25.1 Å². The van der Waals surface area contributed by atoms with Gasteiger partial charge in [-0.05, 0) is 81.2 Å². The van der Waals surface area contributed by atoms with Gasteiger partial charge in [-0.2, -0.15) is 0 Å². The second-order valence-corrected chi connectivity index (χ2v) is 12.3. The highest BCUT2D eigenvalue weighted by molar-refractivity contribution is 7.09. The predicted octanol–water partition coefficient (Wildman–Crippen LogP) is 4.06. The Balaban J connectivity index is 1.47. The van der Waals surface area contributed by atoms with Gasteiger partial charge in [-0.25, -0.2) is 0 Å². The Labute approximate surface area is 224 Å². The van der Waals surface area contributed by atoms with Crippen LogP contribution in [0, 0.1) is 24.7 Å². The van der Waals surface area contributed by atoms with Crippen molar-refractivity contribution in [1.82, 2.24) is 20.3 Å². The predicted molar refractivity (Wildman–Crippen MR) is 146 cm³/mol. The second kappa shape index (κ2) is 13.0. The molecule has 2 atom stereocenters. The zero-order valence-corrected chi connectivity index (χ0v) is 23.3. The molecule has 0 bridgehead atoms. The summed E-state index contributed by atoms with van der Waals surface area (Å²) in [6.45, 7) is 10.00. The van der Waals surface area contributed by atoms with Gasteiger partial charge in [0.1, 0.15) is 11.8 Å². The van der Waals surface area contributed by atoms with Gasteiger partial charge in [0, 0.05) is 43.2 Å². The number of nitrogens with zero attached hydrogens (tertiary/aromatic N) is 3. The highest BCUT2D eigenvalue weighted by Crippen LogP contribution is 2.29. The van der Waals surface area contributed by atoms with Crippen molar-refractivity contribution in [3.8, 4) is 0 Å². The number of thiophene rings is 1. The fourth-order valence-corrected chi connectivity index (χ4v) is 6.56. The summed E-state index contributed by atoms with van der Waals surface area (Å²) in [6, 6.07) is 5.62. The number of rotatable bonds is 10. The van der Waals surface area contributed by atoms with Crippen molar-refractivity contribution < 1.29 is 14.1 Å². The molecule has 2 aromatic heterocycles. The van der Waals surface area contributed by atoms with Crippen LogP contribution in [0.15, 0.2) is 28.1 Å². The molecule has 2 aromatic rings. The van der Waals surface area contributed by atoms with Gasteiger partial charge in [0.05, 0.1) is 0 Å². The summed E-state index contributed by atoms with van der Waals surface area (Å²) in [5.74, 6) is 1.90. The summed E-state index contributed by atoms with van der Waals surface area (Å²) in [5.41, 5.74) is 6.12. The maximum absolute atomic E-state index is 13.6. The minimum absolute atomic E-state index is 0.0557. The Bertz CT molecular complexity index is 999. The molecule has 4 rings (SSSR count). The highest BCUT2D eigenvalue weighted by Gasteiger charge is 2.39. The molecule has 2 aliphatic rings. The summed E-state index contributed by atoms with van der Waals surface area (Å²) in [5, 5.41) is 9.28. The number of carbonyl (C=O) groups excluding carboxylic acids is 2. The number of aryl methyl sites for hydroxylation is 1. The van der Waals surface area contributed by atoms with Crippen molar-refractivity contribution in [2.45, 2.75) is 77.9 Å². The van der Waals surface area contributed by atoms with Crippen molar-refractivity contribution >= 4 is 23.2 Å². The number of nitrogens with one attached hydrogen (secondary N) is 1. The number of nitrogens with two attached hydrogens (primary N) is 1.